The van der Waals surface area contributed by atoms with Crippen molar-refractivity contribution in [1.29, 1.82) is 0 Å². The Morgan fingerprint density at radius 1 is 1.20 bits per heavy atom. The predicted octanol–water partition coefficient (Wildman–Crippen LogP) is 3.79. The molecule has 3 rings (SSSR count). The maximum atomic E-state index is 14.3. The van der Waals surface area contributed by atoms with Crippen molar-refractivity contribution >= 4 is 34.3 Å². The molecule has 0 unspecified atom stereocenters. The highest BCUT2D eigenvalue weighted by atomic mass is 35.5. The molecule has 130 valence electrons. The standard InChI is InChI=1S/C17H13ClF2N2O2S/c18-10-2-4-14-12(8-10)16(24)22(17(21-14)25-7-1-6-23)15-5-3-11(19)9-13(15)20/h2-5,8-9,23H,1,6-7H2. The number of nitrogens with zero attached hydrogens (tertiary/aromatic N) is 2. The van der Waals surface area contributed by atoms with Crippen LogP contribution in [0.3, 0.4) is 0 Å². The number of benzene rings is 2. The summed E-state index contributed by atoms with van der Waals surface area (Å²) in [6.07, 6.45) is 0.491. The van der Waals surface area contributed by atoms with Crippen molar-refractivity contribution in [3.05, 3.63) is 63.4 Å². The number of fused-ring (bicyclic) bond motifs is 1. The Balaban J connectivity index is 2.27. The number of hydrogen-bond donors (Lipinski definition) is 1. The molecule has 0 fully saturated rings. The fraction of sp³-hybridized carbons (Fsp3) is 0.176. The Bertz CT molecular complexity index is 994. The minimum absolute atomic E-state index is 0.00860. The molecule has 3 aromatic rings. The molecule has 25 heavy (non-hydrogen) atoms. The normalized spacial score (nSPS) is 11.2. The number of hydrogen-bond acceptors (Lipinski definition) is 4. The van der Waals surface area contributed by atoms with Crippen LogP contribution in [0.4, 0.5) is 8.78 Å². The van der Waals surface area contributed by atoms with Crippen molar-refractivity contribution in [2.24, 2.45) is 0 Å². The van der Waals surface area contributed by atoms with E-state index in [-0.39, 0.29) is 22.8 Å². The van der Waals surface area contributed by atoms with Crippen LogP contribution in [0.25, 0.3) is 16.6 Å². The minimum atomic E-state index is -0.866. The van der Waals surface area contributed by atoms with Gasteiger partial charge >= 0.3 is 0 Å². The molecule has 0 aliphatic rings. The Hall–Kier alpha value is -1.96. The van der Waals surface area contributed by atoms with E-state index in [2.05, 4.69) is 4.98 Å². The largest absolute Gasteiger partial charge is 0.396 e. The molecule has 1 N–H and O–H groups in total. The van der Waals surface area contributed by atoms with E-state index < -0.39 is 17.2 Å². The molecule has 4 nitrogen and oxygen atoms in total. The number of rotatable bonds is 5. The van der Waals surface area contributed by atoms with E-state index in [4.69, 9.17) is 16.7 Å². The summed E-state index contributed by atoms with van der Waals surface area (Å²) in [6.45, 7) is -0.00860. The highest BCUT2D eigenvalue weighted by Crippen LogP contribution is 2.24. The van der Waals surface area contributed by atoms with E-state index in [1.807, 2.05) is 0 Å². The lowest BCUT2D eigenvalue weighted by Gasteiger charge is -2.14. The van der Waals surface area contributed by atoms with Crippen molar-refractivity contribution < 1.29 is 13.9 Å². The van der Waals surface area contributed by atoms with Gasteiger partial charge < -0.3 is 5.11 Å². The lowest BCUT2D eigenvalue weighted by molar-refractivity contribution is 0.296. The molecule has 8 heteroatoms. The number of aliphatic hydroxyl groups is 1. The average Bonchev–Trinajstić information content (AvgIpc) is 2.57. The van der Waals surface area contributed by atoms with E-state index in [1.54, 1.807) is 12.1 Å². The van der Waals surface area contributed by atoms with Crippen molar-refractivity contribution in [2.45, 2.75) is 11.6 Å². The van der Waals surface area contributed by atoms with Crippen LogP contribution in [0.1, 0.15) is 6.42 Å². The van der Waals surface area contributed by atoms with Gasteiger partial charge in [-0.1, -0.05) is 23.4 Å². The van der Waals surface area contributed by atoms with Gasteiger partial charge in [-0.3, -0.25) is 9.36 Å². The summed E-state index contributed by atoms with van der Waals surface area (Å²) >= 11 is 7.16. The third-order valence-electron chi connectivity index (χ3n) is 3.48. The third kappa shape index (κ3) is 3.68. The zero-order valence-electron chi connectivity index (χ0n) is 12.9. The van der Waals surface area contributed by atoms with Crippen molar-refractivity contribution in [3.63, 3.8) is 0 Å². The van der Waals surface area contributed by atoms with E-state index in [1.165, 1.54) is 23.9 Å². The van der Waals surface area contributed by atoms with Crippen LogP contribution in [-0.4, -0.2) is 27.0 Å². The Morgan fingerprint density at radius 2 is 2.00 bits per heavy atom. The Kier molecular flexibility index (Phi) is 5.36. The van der Waals surface area contributed by atoms with E-state index in [0.717, 1.165) is 10.6 Å². The summed E-state index contributed by atoms with van der Waals surface area (Å²) in [6, 6.07) is 7.68. The number of thioether (sulfide) groups is 1. The summed E-state index contributed by atoms with van der Waals surface area (Å²) < 4.78 is 28.6. The van der Waals surface area contributed by atoms with Crippen LogP contribution < -0.4 is 5.56 Å². The first-order valence-corrected chi connectivity index (χ1v) is 8.79. The fourth-order valence-corrected chi connectivity index (χ4v) is 3.44. The quantitative estimate of drug-likeness (QED) is 0.414. The van der Waals surface area contributed by atoms with Crippen LogP contribution in [0.5, 0.6) is 0 Å². The van der Waals surface area contributed by atoms with Crippen LogP contribution in [0.15, 0.2) is 46.3 Å². The first kappa shape index (κ1) is 17.8. The second kappa shape index (κ2) is 7.51. The van der Waals surface area contributed by atoms with E-state index in [0.29, 0.717) is 28.8 Å². The van der Waals surface area contributed by atoms with Gasteiger partial charge in [0.2, 0.25) is 0 Å². The van der Waals surface area contributed by atoms with Crippen molar-refractivity contribution in [3.8, 4) is 5.69 Å². The summed E-state index contributed by atoms with van der Waals surface area (Å²) in [5.41, 5.74) is -0.156. The van der Waals surface area contributed by atoms with E-state index >= 15 is 0 Å². The molecule has 1 aromatic heterocycles. The van der Waals surface area contributed by atoms with Gasteiger partial charge in [0.1, 0.15) is 11.6 Å². The maximum absolute atomic E-state index is 14.3. The summed E-state index contributed by atoms with van der Waals surface area (Å²) in [4.78, 5) is 17.3. The minimum Gasteiger partial charge on any atom is -0.396 e. The van der Waals surface area contributed by atoms with Gasteiger partial charge in [-0.25, -0.2) is 13.8 Å². The van der Waals surface area contributed by atoms with Crippen LogP contribution in [0.2, 0.25) is 5.02 Å². The summed E-state index contributed by atoms with van der Waals surface area (Å²) in [5.74, 6) is -1.11. The van der Waals surface area contributed by atoms with Gasteiger partial charge in [0, 0.05) is 23.4 Å². The lowest BCUT2D eigenvalue weighted by Crippen LogP contribution is -2.23. The van der Waals surface area contributed by atoms with Gasteiger partial charge in [0.05, 0.1) is 16.6 Å². The summed E-state index contributed by atoms with van der Waals surface area (Å²) in [7, 11) is 0. The molecule has 0 radical (unpaired) electrons. The zero-order valence-corrected chi connectivity index (χ0v) is 14.4. The SMILES string of the molecule is O=c1c2cc(Cl)ccc2nc(SCCCO)n1-c1ccc(F)cc1F. The summed E-state index contributed by atoms with van der Waals surface area (Å²) in [5, 5.41) is 9.80. The van der Waals surface area contributed by atoms with Crippen molar-refractivity contribution in [1.82, 2.24) is 9.55 Å². The molecule has 2 aromatic carbocycles. The second-order valence-corrected chi connectivity index (χ2v) is 6.72. The second-order valence-electron chi connectivity index (χ2n) is 5.22. The Morgan fingerprint density at radius 3 is 2.72 bits per heavy atom. The molecule has 0 aliphatic heterocycles. The number of aromatic nitrogens is 2. The lowest BCUT2D eigenvalue weighted by atomic mass is 10.2. The molecule has 0 saturated carbocycles. The molecule has 1 heterocycles. The topological polar surface area (TPSA) is 55.1 Å². The smallest absolute Gasteiger partial charge is 0.266 e. The van der Waals surface area contributed by atoms with Gasteiger partial charge in [0.15, 0.2) is 5.16 Å². The molecule has 0 aliphatic carbocycles. The van der Waals surface area contributed by atoms with Crippen LogP contribution in [0, 0.1) is 11.6 Å². The molecule has 0 atom stereocenters. The maximum Gasteiger partial charge on any atom is 0.266 e. The first-order valence-electron chi connectivity index (χ1n) is 7.42. The van der Waals surface area contributed by atoms with Gasteiger partial charge in [0.25, 0.3) is 5.56 Å². The predicted molar refractivity (Wildman–Crippen MR) is 94.7 cm³/mol. The first-order chi connectivity index (χ1) is 12.0. The highest BCUT2D eigenvalue weighted by molar-refractivity contribution is 7.99. The molecule has 0 bridgehead atoms. The average molecular weight is 383 g/mol. The van der Waals surface area contributed by atoms with Gasteiger partial charge in [-0.2, -0.15) is 0 Å². The molecular weight excluding hydrogens is 370 g/mol. The van der Waals surface area contributed by atoms with Gasteiger partial charge in [-0.05, 0) is 36.8 Å². The van der Waals surface area contributed by atoms with Crippen LogP contribution >= 0.6 is 23.4 Å². The van der Waals surface area contributed by atoms with E-state index in [9.17, 15) is 13.6 Å². The van der Waals surface area contributed by atoms with Crippen molar-refractivity contribution in [2.75, 3.05) is 12.4 Å². The molecular formula is C17H13ClF2N2O2S. The number of aliphatic hydroxyl groups excluding tert-OH is 1. The highest BCUT2D eigenvalue weighted by Gasteiger charge is 2.17. The molecule has 0 spiro atoms. The monoisotopic (exact) mass is 382 g/mol. The molecule has 0 saturated heterocycles. The van der Waals surface area contributed by atoms with Gasteiger partial charge in [-0.15, -0.1) is 0 Å². The fourth-order valence-electron chi connectivity index (χ4n) is 2.34. The Labute approximate surface area is 151 Å². The zero-order chi connectivity index (χ0) is 18.0. The molecule has 0 amide bonds. The van der Waals surface area contributed by atoms with Crippen LogP contribution in [-0.2, 0) is 0 Å². The number of halogens is 3. The third-order valence-corrected chi connectivity index (χ3v) is 4.74.